The number of carbonyl (C=O) groups excluding carboxylic acids is 1. The van der Waals surface area contributed by atoms with E-state index in [0.29, 0.717) is 12.8 Å². The predicted molar refractivity (Wildman–Crippen MR) is 74.4 cm³/mol. The minimum Gasteiger partial charge on any atom is -0.349 e. The molecule has 0 bridgehead atoms. The lowest BCUT2D eigenvalue weighted by molar-refractivity contribution is -0.125. The van der Waals surface area contributed by atoms with Crippen LogP contribution in [-0.2, 0) is 14.6 Å². The molecule has 2 rings (SSSR count). The summed E-state index contributed by atoms with van der Waals surface area (Å²) >= 11 is 0. The van der Waals surface area contributed by atoms with Crippen LogP contribution < -0.4 is 5.32 Å². The Morgan fingerprint density at radius 1 is 1.21 bits per heavy atom. The van der Waals surface area contributed by atoms with E-state index in [1.54, 1.807) is 0 Å². The van der Waals surface area contributed by atoms with E-state index in [9.17, 15) is 13.2 Å². The Hall–Kier alpha value is -1.36. The van der Waals surface area contributed by atoms with Gasteiger partial charge in [0.2, 0.25) is 5.91 Å². The van der Waals surface area contributed by atoms with Gasteiger partial charge in [-0.05, 0) is 25.3 Å². The maximum Gasteiger partial charge on any atom is 0.223 e. The largest absolute Gasteiger partial charge is 0.349 e. The van der Waals surface area contributed by atoms with Crippen molar-refractivity contribution in [3.63, 3.8) is 0 Å². The molecule has 1 aromatic carbocycles. The van der Waals surface area contributed by atoms with Gasteiger partial charge in [-0.25, -0.2) is 8.42 Å². The molecule has 1 saturated heterocycles. The highest BCUT2D eigenvalue weighted by Crippen LogP contribution is 2.20. The fourth-order valence-corrected chi connectivity index (χ4v) is 3.80. The van der Waals surface area contributed by atoms with Crippen molar-refractivity contribution in [3.8, 4) is 0 Å². The smallest absolute Gasteiger partial charge is 0.223 e. The van der Waals surface area contributed by atoms with Gasteiger partial charge in [0.25, 0.3) is 0 Å². The molecule has 1 fully saturated rings. The molecule has 1 atom stereocenters. The van der Waals surface area contributed by atoms with Gasteiger partial charge in [-0.15, -0.1) is 0 Å². The number of nitrogens with one attached hydrogen (secondary N) is 1. The summed E-state index contributed by atoms with van der Waals surface area (Å²) in [7, 11) is -2.91. The van der Waals surface area contributed by atoms with Crippen LogP contribution in [0.1, 0.15) is 31.4 Å². The van der Waals surface area contributed by atoms with E-state index < -0.39 is 9.84 Å². The summed E-state index contributed by atoms with van der Waals surface area (Å²) in [6.45, 7) is 1.94. The lowest BCUT2D eigenvalue weighted by Gasteiger charge is -2.23. The fourth-order valence-electron chi connectivity index (χ4n) is 2.31. The van der Waals surface area contributed by atoms with Gasteiger partial charge in [-0.1, -0.05) is 30.3 Å². The number of carbonyl (C=O) groups is 1. The normalized spacial score (nSPS) is 20.7. The molecular formula is C14H19NO3S. The van der Waals surface area contributed by atoms with Crippen molar-refractivity contribution in [3.05, 3.63) is 35.9 Å². The molecule has 0 aliphatic carbocycles. The van der Waals surface area contributed by atoms with Gasteiger partial charge in [0.05, 0.1) is 17.5 Å². The topological polar surface area (TPSA) is 63.2 Å². The lowest BCUT2D eigenvalue weighted by Crippen LogP contribution is -2.37. The molecule has 1 unspecified atom stereocenters. The average Bonchev–Trinajstić information content (AvgIpc) is 2.39. The molecule has 1 heterocycles. The van der Waals surface area contributed by atoms with Crippen molar-refractivity contribution in [1.82, 2.24) is 5.32 Å². The van der Waals surface area contributed by atoms with Crippen molar-refractivity contribution in [1.29, 1.82) is 0 Å². The van der Waals surface area contributed by atoms with Crippen LogP contribution in [0.3, 0.4) is 0 Å². The number of rotatable bonds is 3. The zero-order valence-corrected chi connectivity index (χ0v) is 11.8. The Bertz CT molecular complexity index is 525. The van der Waals surface area contributed by atoms with Crippen LogP contribution >= 0.6 is 0 Å². The molecule has 1 aromatic rings. The highest BCUT2D eigenvalue weighted by Gasteiger charge is 2.28. The molecular weight excluding hydrogens is 262 g/mol. The first-order chi connectivity index (χ1) is 8.98. The molecule has 5 heteroatoms. The Labute approximate surface area is 114 Å². The number of hydrogen-bond acceptors (Lipinski definition) is 3. The predicted octanol–water partition coefficient (Wildman–Crippen LogP) is 1.69. The summed E-state index contributed by atoms with van der Waals surface area (Å²) in [6, 6.07) is 9.69. The zero-order chi connectivity index (χ0) is 13.9. The van der Waals surface area contributed by atoms with E-state index >= 15 is 0 Å². The Morgan fingerprint density at radius 2 is 1.79 bits per heavy atom. The van der Waals surface area contributed by atoms with Gasteiger partial charge in [-0.3, -0.25) is 4.79 Å². The number of amides is 1. The van der Waals surface area contributed by atoms with Crippen LogP contribution in [0.25, 0.3) is 0 Å². The van der Waals surface area contributed by atoms with Crippen molar-refractivity contribution in [2.24, 2.45) is 5.92 Å². The van der Waals surface area contributed by atoms with Gasteiger partial charge in [0.15, 0.2) is 0 Å². The van der Waals surface area contributed by atoms with E-state index in [1.807, 2.05) is 37.3 Å². The third-order valence-corrected chi connectivity index (χ3v) is 5.30. The molecule has 19 heavy (non-hydrogen) atoms. The number of benzene rings is 1. The first kappa shape index (κ1) is 14.1. The van der Waals surface area contributed by atoms with E-state index in [0.717, 1.165) is 5.56 Å². The van der Waals surface area contributed by atoms with Crippen molar-refractivity contribution < 1.29 is 13.2 Å². The van der Waals surface area contributed by atoms with Gasteiger partial charge in [-0.2, -0.15) is 0 Å². The molecule has 1 aliphatic rings. The van der Waals surface area contributed by atoms with Crippen LogP contribution in [-0.4, -0.2) is 25.8 Å². The minimum atomic E-state index is -2.91. The van der Waals surface area contributed by atoms with E-state index in [4.69, 9.17) is 0 Å². The molecule has 1 N–H and O–H groups in total. The minimum absolute atomic E-state index is 0.0359. The van der Waals surface area contributed by atoms with Gasteiger partial charge in [0.1, 0.15) is 9.84 Å². The molecule has 0 radical (unpaired) electrons. The summed E-state index contributed by atoms with van der Waals surface area (Å²) < 4.78 is 22.7. The Morgan fingerprint density at radius 3 is 2.37 bits per heavy atom. The lowest BCUT2D eigenvalue weighted by atomic mass is 10.0. The standard InChI is InChI=1S/C14H19NO3S/c1-11(12-5-3-2-4-6-12)15-14(16)13-7-9-19(17,18)10-8-13/h2-6,11,13H,7-10H2,1H3,(H,15,16). The summed E-state index contributed by atoms with van der Waals surface area (Å²) in [6.07, 6.45) is 0.880. The quantitative estimate of drug-likeness (QED) is 0.917. The SMILES string of the molecule is CC(NC(=O)C1CCS(=O)(=O)CC1)c1ccccc1. The second-order valence-electron chi connectivity index (χ2n) is 5.07. The molecule has 1 amide bonds. The number of hydrogen-bond donors (Lipinski definition) is 1. The second kappa shape index (κ2) is 5.74. The fraction of sp³-hybridized carbons (Fsp3) is 0.500. The maximum absolute atomic E-state index is 12.1. The highest BCUT2D eigenvalue weighted by molar-refractivity contribution is 7.91. The van der Waals surface area contributed by atoms with Gasteiger partial charge >= 0.3 is 0 Å². The zero-order valence-electron chi connectivity index (χ0n) is 11.0. The molecule has 0 saturated carbocycles. The Kier molecular flexibility index (Phi) is 4.24. The van der Waals surface area contributed by atoms with Crippen LogP contribution in [0.5, 0.6) is 0 Å². The molecule has 4 nitrogen and oxygen atoms in total. The monoisotopic (exact) mass is 281 g/mol. The average molecular weight is 281 g/mol. The molecule has 1 aliphatic heterocycles. The van der Waals surface area contributed by atoms with E-state index in [2.05, 4.69) is 5.32 Å². The van der Waals surface area contributed by atoms with E-state index in [-0.39, 0.29) is 29.4 Å². The Balaban J connectivity index is 1.91. The van der Waals surface area contributed by atoms with Gasteiger partial charge < -0.3 is 5.32 Å². The van der Waals surface area contributed by atoms with E-state index in [1.165, 1.54) is 0 Å². The third kappa shape index (κ3) is 3.80. The molecule has 104 valence electrons. The first-order valence-electron chi connectivity index (χ1n) is 6.54. The van der Waals surface area contributed by atoms with Crippen molar-refractivity contribution in [2.45, 2.75) is 25.8 Å². The first-order valence-corrected chi connectivity index (χ1v) is 8.36. The second-order valence-corrected chi connectivity index (χ2v) is 7.37. The van der Waals surface area contributed by atoms with Crippen LogP contribution in [0, 0.1) is 5.92 Å². The highest BCUT2D eigenvalue weighted by atomic mass is 32.2. The van der Waals surface area contributed by atoms with Crippen LogP contribution in [0.4, 0.5) is 0 Å². The summed E-state index contributed by atoms with van der Waals surface area (Å²) in [5.41, 5.74) is 1.05. The summed E-state index contributed by atoms with van der Waals surface area (Å²) in [5, 5.41) is 2.96. The summed E-state index contributed by atoms with van der Waals surface area (Å²) in [4.78, 5) is 12.1. The summed E-state index contributed by atoms with van der Waals surface area (Å²) in [5.74, 6) is 0.0521. The van der Waals surface area contributed by atoms with Crippen molar-refractivity contribution in [2.75, 3.05) is 11.5 Å². The molecule has 0 spiro atoms. The van der Waals surface area contributed by atoms with Crippen molar-refractivity contribution >= 4 is 15.7 Å². The van der Waals surface area contributed by atoms with Crippen LogP contribution in [0.15, 0.2) is 30.3 Å². The van der Waals surface area contributed by atoms with Crippen LogP contribution in [0.2, 0.25) is 0 Å². The van der Waals surface area contributed by atoms with Gasteiger partial charge in [0, 0.05) is 5.92 Å². The number of sulfone groups is 1. The third-order valence-electron chi connectivity index (χ3n) is 3.58. The maximum atomic E-state index is 12.1. The molecule has 0 aromatic heterocycles.